The van der Waals surface area contributed by atoms with Crippen LogP contribution in [0.25, 0.3) is 0 Å². The van der Waals surface area contributed by atoms with Crippen molar-refractivity contribution in [3.63, 3.8) is 0 Å². The number of piperidine rings is 1. The van der Waals surface area contributed by atoms with Crippen LogP contribution in [0.1, 0.15) is 12.8 Å². The van der Waals surface area contributed by atoms with Gasteiger partial charge < -0.3 is 25.8 Å². The quantitative estimate of drug-likeness (QED) is 0.592. The first-order valence-corrected chi connectivity index (χ1v) is 5.68. The minimum Gasteiger partial charge on any atom is -0.481 e. The Morgan fingerprint density at radius 1 is 1.44 bits per heavy atom. The van der Waals surface area contributed by atoms with Crippen molar-refractivity contribution in [1.29, 1.82) is 0 Å². The first-order chi connectivity index (χ1) is 8.50. The van der Waals surface area contributed by atoms with Crippen molar-refractivity contribution >= 4 is 18.1 Å². The van der Waals surface area contributed by atoms with E-state index in [0.717, 1.165) is 0 Å². The lowest BCUT2D eigenvalue weighted by Gasteiger charge is -2.30. The zero-order valence-corrected chi connectivity index (χ0v) is 9.92. The van der Waals surface area contributed by atoms with E-state index in [0.29, 0.717) is 19.4 Å². The molecule has 0 unspecified atom stereocenters. The number of aliphatic carboxylic acids is 1. The lowest BCUT2D eigenvalue weighted by atomic mass is 9.99. The molecule has 3 amide bonds. The monoisotopic (exact) mass is 259 g/mol. The van der Waals surface area contributed by atoms with Crippen molar-refractivity contribution in [3.8, 4) is 0 Å². The molecule has 4 N–H and O–H groups in total. The smallest absolute Gasteiger partial charge is 0.404 e. The first kappa shape index (κ1) is 14.1. The van der Waals surface area contributed by atoms with Gasteiger partial charge in [0.25, 0.3) is 0 Å². The molecule has 1 saturated heterocycles. The average molecular weight is 259 g/mol. The van der Waals surface area contributed by atoms with Gasteiger partial charge in [0.2, 0.25) is 0 Å². The molecule has 0 aromatic rings. The zero-order valence-electron chi connectivity index (χ0n) is 9.92. The number of nitrogens with one attached hydrogen (secondary N) is 1. The number of nitrogens with two attached hydrogens (primary N) is 1. The average Bonchev–Trinajstić information content (AvgIpc) is 2.34. The molecule has 0 bridgehead atoms. The molecule has 8 nitrogen and oxygen atoms in total. The van der Waals surface area contributed by atoms with Crippen LogP contribution in [0.2, 0.25) is 0 Å². The van der Waals surface area contributed by atoms with E-state index in [1.165, 1.54) is 4.90 Å². The molecule has 1 aliphatic heterocycles. The summed E-state index contributed by atoms with van der Waals surface area (Å²) in [5.74, 6) is -1.39. The molecular formula is C10H17N3O5. The number of hydrogen-bond donors (Lipinski definition) is 3. The van der Waals surface area contributed by atoms with Gasteiger partial charge in [-0.2, -0.15) is 0 Å². The van der Waals surface area contributed by atoms with Crippen LogP contribution in [0, 0.1) is 5.92 Å². The fourth-order valence-electron chi connectivity index (χ4n) is 1.78. The third-order valence-electron chi connectivity index (χ3n) is 2.68. The summed E-state index contributed by atoms with van der Waals surface area (Å²) in [6, 6.07) is -0.353. The second-order valence-corrected chi connectivity index (χ2v) is 4.02. The standard InChI is InChI=1S/C10H17N3O5/c11-9(16)18-5-3-12-10(17)13-4-1-2-7(6-13)8(14)15/h7H,1-6H2,(H2,11,16)(H,12,17)(H,14,15)/t7-/m0/s1. The number of nitrogens with zero attached hydrogens (tertiary/aromatic N) is 1. The number of rotatable bonds is 4. The molecule has 0 aromatic heterocycles. The number of carboxylic acid groups (broad SMARTS) is 1. The molecule has 1 fully saturated rings. The van der Waals surface area contributed by atoms with Gasteiger partial charge in [0.05, 0.1) is 12.5 Å². The summed E-state index contributed by atoms with van der Waals surface area (Å²) in [7, 11) is 0. The Kier molecular flexibility index (Phi) is 5.22. The SMILES string of the molecule is NC(=O)OCCNC(=O)N1CCC[C@H](C(=O)O)C1. The normalized spacial score (nSPS) is 19.1. The van der Waals surface area contributed by atoms with Gasteiger partial charge in [0, 0.05) is 13.1 Å². The molecule has 102 valence electrons. The minimum absolute atomic E-state index is 0.00271. The number of amides is 3. The first-order valence-electron chi connectivity index (χ1n) is 5.68. The van der Waals surface area contributed by atoms with Crippen LogP contribution in [0.4, 0.5) is 9.59 Å². The maximum absolute atomic E-state index is 11.7. The molecule has 0 radical (unpaired) electrons. The summed E-state index contributed by atoms with van der Waals surface area (Å²) in [6.07, 6.45) is 0.361. The van der Waals surface area contributed by atoms with E-state index in [1.807, 2.05) is 0 Å². The molecule has 0 aliphatic carbocycles. The van der Waals surface area contributed by atoms with Crippen molar-refractivity contribution in [1.82, 2.24) is 10.2 Å². The van der Waals surface area contributed by atoms with E-state index in [9.17, 15) is 14.4 Å². The van der Waals surface area contributed by atoms with Crippen LogP contribution in [0.5, 0.6) is 0 Å². The lowest BCUT2D eigenvalue weighted by molar-refractivity contribution is -0.143. The molecular weight excluding hydrogens is 242 g/mol. The molecule has 18 heavy (non-hydrogen) atoms. The Morgan fingerprint density at radius 3 is 2.78 bits per heavy atom. The second-order valence-electron chi connectivity index (χ2n) is 4.02. The Hall–Kier alpha value is -1.99. The van der Waals surface area contributed by atoms with Crippen molar-refractivity contribution in [2.75, 3.05) is 26.2 Å². The summed E-state index contributed by atoms with van der Waals surface area (Å²) in [6.45, 7) is 0.886. The van der Waals surface area contributed by atoms with Gasteiger partial charge in [0.1, 0.15) is 6.61 Å². The van der Waals surface area contributed by atoms with E-state index >= 15 is 0 Å². The predicted octanol–water partition coefficient (Wildman–Crippen LogP) is -0.412. The molecule has 1 heterocycles. The Morgan fingerprint density at radius 2 is 2.17 bits per heavy atom. The number of carbonyl (C=O) groups is 3. The highest BCUT2D eigenvalue weighted by molar-refractivity contribution is 5.76. The Bertz CT molecular complexity index is 333. The van der Waals surface area contributed by atoms with E-state index in [1.54, 1.807) is 0 Å². The topological polar surface area (TPSA) is 122 Å². The summed E-state index contributed by atoms with van der Waals surface area (Å²) in [5, 5.41) is 11.4. The summed E-state index contributed by atoms with van der Waals surface area (Å²) >= 11 is 0. The third kappa shape index (κ3) is 4.48. The van der Waals surface area contributed by atoms with Gasteiger partial charge in [-0.15, -0.1) is 0 Å². The summed E-state index contributed by atoms with van der Waals surface area (Å²) in [4.78, 5) is 34.2. The Labute approximate surface area is 104 Å². The zero-order chi connectivity index (χ0) is 13.5. The van der Waals surface area contributed by atoms with Crippen LogP contribution < -0.4 is 11.1 Å². The fourth-order valence-corrected chi connectivity index (χ4v) is 1.78. The van der Waals surface area contributed by atoms with Gasteiger partial charge in [-0.25, -0.2) is 9.59 Å². The number of urea groups is 1. The maximum Gasteiger partial charge on any atom is 0.404 e. The van der Waals surface area contributed by atoms with Crippen LogP contribution in [-0.2, 0) is 9.53 Å². The highest BCUT2D eigenvalue weighted by Crippen LogP contribution is 2.16. The molecule has 1 aliphatic rings. The van der Waals surface area contributed by atoms with Crippen molar-refractivity contribution in [2.45, 2.75) is 12.8 Å². The number of primary amides is 1. The van der Waals surface area contributed by atoms with Crippen molar-refractivity contribution in [2.24, 2.45) is 11.7 Å². The molecule has 0 spiro atoms. The number of hydrogen-bond acceptors (Lipinski definition) is 4. The Balaban J connectivity index is 2.28. The van der Waals surface area contributed by atoms with Crippen molar-refractivity contribution in [3.05, 3.63) is 0 Å². The lowest BCUT2D eigenvalue weighted by Crippen LogP contribution is -2.47. The largest absolute Gasteiger partial charge is 0.481 e. The van der Waals surface area contributed by atoms with Gasteiger partial charge in [-0.05, 0) is 12.8 Å². The van der Waals surface area contributed by atoms with Gasteiger partial charge in [0.15, 0.2) is 0 Å². The minimum atomic E-state index is -0.895. The highest BCUT2D eigenvalue weighted by atomic mass is 16.5. The van der Waals surface area contributed by atoms with E-state index in [4.69, 9.17) is 10.8 Å². The van der Waals surface area contributed by atoms with Crippen LogP contribution in [-0.4, -0.2) is 54.3 Å². The molecule has 8 heteroatoms. The number of carboxylic acids is 1. The van der Waals surface area contributed by atoms with Crippen LogP contribution in [0.3, 0.4) is 0 Å². The second kappa shape index (κ2) is 6.67. The molecule has 0 aromatic carbocycles. The summed E-state index contributed by atoms with van der Waals surface area (Å²) in [5.41, 5.74) is 4.75. The maximum atomic E-state index is 11.7. The van der Waals surface area contributed by atoms with Crippen LogP contribution in [0.15, 0.2) is 0 Å². The van der Waals surface area contributed by atoms with Gasteiger partial charge in [-0.3, -0.25) is 4.79 Å². The summed E-state index contributed by atoms with van der Waals surface area (Å²) < 4.78 is 4.45. The van der Waals surface area contributed by atoms with E-state index < -0.39 is 18.0 Å². The number of likely N-dealkylation sites (tertiary alicyclic amines) is 1. The van der Waals surface area contributed by atoms with Crippen LogP contribution >= 0.6 is 0 Å². The molecule has 1 atom stereocenters. The number of ether oxygens (including phenoxy) is 1. The molecule has 1 rings (SSSR count). The third-order valence-corrected chi connectivity index (χ3v) is 2.68. The number of carbonyl (C=O) groups excluding carboxylic acids is 2. The van der Waals surface area contributed by atoms with E-state index in [-0.39, 0.29) is 25.7 Å². The van der Waals surface area contributed by atoms with Crippen molar-refractivity contribution < 1.29 is 24.2 Å². The fraction of sp³-hybridized carbons (Fsp3) is 0.700. The van der Waals surface area contributed by atoms with Gasteiger partial charge >= 0.3 is 18.1 Å². The van der Waals surface area contributed by atoms with Gasteiger partial charge in [-0.1, -0.05) is 0 Å². The highest BCUT2D eigenvalue weighted by Gasteiger charge is 2.27. The molecule has 0 saturated carbocycles. The van der Waals surface area contributed by atoms with E-state index in [2.05, 4.69) is 10.1 Å². The predicted molar refractivity (Wildman–Crippen MR) is 60.9 cm³/mol.